The standard InChI is InChI=1S/C11H20O3S/c1-10(2,15(3,13)14)11(12)8-6-4-5-7-9(8)11/h8-9,12H,4-7H2,1-3H3. The van der Waals surface area contributed by atoms with Crippen LogP contribution in [0.2, 0.25) is 0 Å². The molecule has 0 amide bonds. The fourth-order valence-electron chi connectivity index (χ4n) is 3.28. The number of aliphatic hydroxyl groups is 1. The first-order chi connectivity index (χ1) is 6.73. The monoisotopic (exact) mass is 232 g/mol. The molecule has 3 nitrogen and oxygen atoms in total. The molecular formula is C11H20O3S. The molecule has 0 radical (unpaired) electrons. The molecule has 2 aliphatic carbocycles. The molecule has 0 aromatic rings. The fourth-order valence-corrected chi connectivity index (χ4v) is 4.18. The molecule has 2 fully saturated rings. The molecule has 0 heterocycles. The van der Waals surface area contributed by atoms with Crippen LogP contribution in [0.15, 0.2) is 0 Å². The lowest BCUT2D eigenvalue weighted by atomic mass is 10.00. The van der Waals surface area contributed by atoms with E-state index in [1.165, 1.54) is 6.26 Å². The molecule has 15 heavy (non-hydrogen) atoms. The number of sulfone groups is 1. The van der Waals surface area contributed by atoms with Crippen LogP contribution in [-0.4, -0.2) is 30.1 Å². The Morgan fingerprint density at radius 3 is 1.93 bits per heavy atom. The van der Waals surface area contributed by atoms with Gasteiger partial charge in [-0.25, -0.2) is 8.42 Å². The minimum absolute atomic E-state index is 0.218. The van der Waals surface area contributed by atoms with Crippen molar-refractivity contribution < 1.29 is 13.5 Å². The Hall–Kier alpha value is -0.0900. The summed E-state index contributed by atoms with van der Waals surface area (Å²) in [5.41, 5.74) is -0.961. The van der Waals surface area contributed by atoms with E-state index in [0.29, 0.717) is 0 Å². The Labute approximate surface area is 91.8 Å². The molecule has 0 aromatic heterocycles. The molecule has 1 N–H and O–H groups in total. The first kappa shape index (κ1) is 11.4. The van der Waals surface area contributed by atoms with Crippen molar-refractivity contribution in [3.63, 3.8) is 0 Å². The molecule has 88 valence electrons. The zero-order valence-corrected chi connectivity index (χ0v) is 10.5. The zero-order chi connectivity index (χ0) is 11.5. The van der Waals surface area contributed by atoms with Crippen LogP contribution in [0.25, 0.3) is 0 Å². The predicted molar refractivity (Wildman–Crippen MR) is 59.3 cm³/mol. The largest absolute Gasteiger partial charge is 0.388 e. The number of hydrogen-bond donors (Lipinski definition) is 1. The van der Waals surface area contributed by atoms with E-state index < -0.39 is 20.2 Å². The van der Waals surface area contributed by atoms with Crippen molar-refractivity contribution in [2.24, 2.45) is 11.8 Å². The SMILES string of the molecule is CC(C)(C1(O)C2CCCCC21)S(C)(=O)=O. The van der Waals surface area contributed by atoms with Gasteiger partial charge in [0.25, 0.3) is 0 Å². The molecule has 2 rings (SSSR count). The Morgan fingerprint density at radius 2 is 1.60 bits per heavy atom. The average molecular weight is 232 g/mol. The minimum Gasteiger partial charge on any atom is -0.388 e. The first-order valence-electron chi connectivity index (χ1n) is 5.65. The lowest BCUT2D eigenvalue weighted by molar-refractivity contribution is 0.0822. The van der Waals surface area contributed by atoms with Crippen molar-refractivity contribution in [1.82, 2.24) is 0 Å². The predicted octanol–water partition coefficient (Wildman–Crippen LogP) is 1.36. The number of fused-ring (bicyclic) bond motifs is 1. The van der Waals surface area contributed by atoms with Gasteiger partial charge in [-0.1, -0.05) is 12.8 Å². The molecule has 2 unspecified atom stereocenters. The van der Waals surface area contributed by atoms with E-state index in [4.69, 9.17) is 0 Å². The minimum atomic E-state index is -3.21. The smallest absolute Gasteiger partial charge is 0.155 e. The molecule has 2 aliphatic rings. The molecule has 2 atom stereocenters. The van der Waals surface area contributed by atoms with E-state index in [0.717, 1.165) is 25.7 Å². The molecule has 0 aliphatic heterocycles. The van der Waals surface area contributed by atoms with Crippen molar-refractivity contribution in [3.8, 4) is 0 Å². The van der Waals surface area contributed by atoms with Crippen LogP contribution in [0.3, 0.4) is 0 Å². The van der Waals surface area contributed by atoms with Crippen LogP contribution in [-0.2, 0) is 9.84 Å². The third kappa shape index (κ3) is 1.30. The van der Waals surface area contributed by atoms with Gasteiger partial charge in [0, 0.05) is 6.26 Å². The second-order valence-electron chi connectivity index (χ2n) is 5.61. The van der Waals surface area contributed by atoms with E-state index in [1.807, 2.05) is 0 Å². The van der Waals surface area contributed by atoms with Gasteiger partial charge in [-0.15, -0.1) is 0 Å². The number of hydrogen-bond acceptors (Lipinski definition) is 3. The second kappa shape index (κ2) is 2.98. The summed E-state index contributed by atoms with van der Waals surface area (Å²) in [4.78, 5) is 0. The number of rotatable bonds is 2. The van der Waals surface area contributed by atoms with Gasteiger partial charge in [0.15, 0.2) is 9.84 Å². The van der Waals surface area contributed by atoms with E-state index in [-0.39, 0.29) is 11.8 Å². The topological polar surface area (TPSA) is 54.4 Å². The van der Waals surface area contributed by atoms with Gasteiger partial charge in [0.05, 0.1) is 10.3 Å². The Balaban J connectivity index is 2.32. The third-order valence-electron chi connectivity index (χ3n) is 4.68. The Morgan fingerprint density at radius 1 is 1.20 bits per heavy atom. The zero-order valence-electron chi connectivity index (χ0n) is 9.66. The summed E-state index contributed by atoms with van der Waals surface area (Å²) in [7, 11) is -3.21. The van der Waals surface area contributed by atoms with Crippen LogP contribution < -0.4 is 0 Å². The molecule has 0 aromatic carbocycles. The van der Waals surface area contributed by atoms with E-state index in [2.05, 4.69) is 0 Å². The van der Waals surface area contributed by atoms with Gasteiger partial charge in [-0.05, 0) is 38.5 Å². The Kier molecular flexibility index (Phi) is 2.26. The van der Waals surface area contributed by atoms with Gasteiger partial charge in [0.1, 0.15) is 0 Å². The molecule has 4 heteroatoms. The highest BCUT2D eigenvalue weighted by molar-refractivity contribution is 7.92. The van der Waals surface area contributed by atoms with Crippen molar-refractivity contribution in [3.05, 3.63) is 0 Å². The quantitative estimate of drug-likeness (QED) is 0.782. The van der Waals surface area contributed by atoms with Gasteiger partial charge in [0.2, 0.25) is 0 Å². The van der Waals surface area contributed by atoms with Crippen LogP contribution in [0.5, 0.6) is 0 Å². The van der Waals surface area contributed by atoms with Crippen LogP contribution >= 0.6 is 0 Å². The maximum absolute atomic E-state index is 11.7. The highest BCUT2D eigenvalue weighted by Gasteiger charge is 2.73. The van der Waals surface area contributed by atoms with Crippen molar-refractivity contribution in [2.75, 3.05) is 6.26 Å². The van der Waals surface area contributed by atoms with E-state index in [9.17, 15) is 13.5 Å². The summed E-state index contributed by atoms with van der Waals surface area (Å²) in [6.07, 6.45) is 5.46. The summed E-state index contributed by atoms with van der Waals surface area (Å²) < 4.78 is 22.4. The molecule has 0 spiro atoms. The van der Waals surface area contributed by atoms with Crippen molar-refractivity contribution in [1.29, 1.82) is 0 Å². The summed E-state index contributed by atoms with van der Waals surface area (Å²) in [5.74, 6) is 0.437. The summed E-state index contributed by atoms with van der Waals surface area (Å²) >= 11 is 0. The molecular weight excluding hydrogens is 212 g/mol. The normalized spacial score (nSPS) is 41.1. The molecule has 2 saturated carbocycles. The molecule has 0 saturated heterocycles. The summed E-state index contributed by atoms with van der Waals surface area (Å²) in [6.45, 7) is 3.33. The van der Waals surface area contributed by atoms with E-state index >= 15 is 0 Å². The second-order valence-corrected chi connectivity index (χ2v) is 8.17. The van der Waals surface area contributed by atoms with Crippen LogP contribution in [0.1, 0.15) is 39.5 Å². The lowest BCUT2D eigenvalue weighted by Crippen LogP contribution is -2.47. The molecule has 0 bridgehead atoms. The van der Waals surface area contributed by atoms with Gasteiger partial charge >= 0.3 is 0 Å². The van der Waals surface area contributed by atoms with Crippen molar-refractivity contribution in [2.45, 2.75) is 49.9 Å². The Bertz CT molecular complexity index is 357. The average Bonchev–Trinajstić information content (AvgIpc) is 2.74. The highest BCUT2D eigenvalue weighted by Crippen LogP contribution is 2.64. The van der Waals surface area contributed by atoms with Crippen molar-refractivity contribution >= 4 is 9.84 Å². The van der Waals surface area contributed by atoms with Gasteiger partial charge in [-0.3, -0.25) is 0 Å². The van der Waals surface area contributed by atoms with Crippen LogP contribution in [0, 0.1) is 11.8 Å². The van der Waals surface area contributed by atoms with E-state index in [1.54, 1.807) is 13.8 Å². The first-order valence-corrected chi connectivity index (χ1v) is 7.54. The summed E-state index contributed by atoms with van der Waals surface area (Å²) in [6, 6.07) is 0. The highest BCUT2D eigenvalue weighted by atomic mass is 32.2. The van der Waals surface area contributed by atoms with Crippen LogP contribution in [0.4, 0.5) is 0 Å². The maximum atomic E-state index is 11.7. The summed E-state index contributed by atoms with van der Waals surface area (Å²) in [5, 5.41) is 10.6. The maximum Gasteiger partial charge on any atom is 0.155 e. The lowest BCUT2D eigenvalue weighted by Gasteiger charge is -2.30. The fraction of sp³-hybridized carbons (Fsp3) is 1.00. The third-order valence-corrected chi connectivity index (χ3v) is 6.86. The van der Waals surface area contributed by atoms with Gasteiger partial charge < -0.3 is 5.11 Å². The van der Waals surface area contributed by atoms with Gasteiger partial charge in [-0.2, -0.15) is 0 Å².